The summed E-state index contributed by atoms with van der Waals surface area (Å²) in [6.07, 6.45) is 4.41. The molecule has 3 rings (SSSR count). The van der Waals surface area contributed by atoms with Crippen LogP contribution < -0.4 is 0 Å². The first-order valence-electron chi connectivity index (χ1n) is 7.59. The Hall–Kier alpha value is -1.85. The van der Waals surface area contributed by atoms with Crippen LogP contribution in [0.25, 0.3) is 0 Å². The molecule has 0 saturated heterocycles. The predicted molar refractivity (Wildman–Crippen MR) is 86.4 cm³/mol. The standard InChI is InChI=1S/C19H17ClFN/c20-18-6-4-15(5-7-18)16-3-1-13(10-16)9-14-2-8-19(21)17(11-14)12-22/h2,4-8,11,13,16H,1,3,9-10H2. The van der Waals surface area contributed by atoms with Gasteiger partial charge in [0.15, 0.2) is 0 Å². The number of halogens is 2. The normalized spacial score (nSPS) is 20.8. The monoisotopic (exact) mass is 313 g/mol. The summed E-state index contributed by atoms with van der Waals surface area (Å²) >= 11 is 5.94. The second kappa shape index (κ2) is 6.50. The average Bonchev–Trinajstić information content (AvgIpc) is 2.98. The van der Waals surface area contributed by atoms with Crippen LogP contribution in [0.3, 0.4) is 0 Å². The Labute approximate surface area is 135 Å². The second-order valence-electron chi connectivity index (χ2n) is 6.06. The van der Waals surface area contributed by atoms with Crippen LogP contribution in [0.15, 0.2) is 42.5 Å². The predicted octanol–water partition coefficient (Wildman–Crippen LogP) is 5.48. The van der Waals surface area contributed by atoms with Gasteiger partial charge in [0, 0.05) is 5.02 Å². The van der Waals surface area contributed by atoms with Crippen LogP contribution in [0.4, 0.5) is 4.39 Å². The van der Waals surface area contributed by atoms with Gasteiger partial charge in [0.1, 0.15) is 11.9 Å². The minimum absolute atomic E-state index is 0.143. The highest BCUT2D eigenvalue weighted by Crippen LogP contribution is 2.40. The van der Waals surface area contributed by atoms with Crippen molar-refractivity contribution in [1.29, 1.82) is 5.26 Å². The molecule has 2 atom stereocenters. The van der Waals surface area contributed by atoms with Gasteiger partial charge in [-0.25, -0.2) is 4.39 Å². The average molecular weight is 314 g/mol. The van der Waals surface area contributed by atoms with Gasteiger partial charge in [0.2, 0.25) is 0 Å². The van der Waals surface area contributed by atoms with Crippen molar-refractivity contribution in [2.45, 2.75) is 31.6 Å². The summed E-state index contributed by atoms with van der Waals surface area (Å²) in [7, 11) is 0. The first-order chi connectivity index (χ1) is 10.7. The number of rotatable bonds is 3. The Morgan fingerprint density at radius 2 is 1.91 bits per heavy atom. The Morgan fingerprint density at radius 1 is 1.14 bits per heavy atom. The number of hydrogen-bond acceptors (Lipinski definition) is 1. The van der Waals surface area contributed by atoms with Crippen molar-refractivity contribution in [3.8, 4) is 6.07 Å². The number of hydrogen-bond donors (Lipinski definition) is 0. The second-order valence-corrected chi connectivity index (χ2v) is 6.49. The van der Waals surface area contributed by atoms with Crippen molar-refractivity contribution in [2.75, 3.05) is 0 Å². The van der Waals surface area contributed by atoms with Gasteiger partial charge in [0.05, 0.1) is 5.56 Å². The molecule has 3 heteroatoms. The summed E-state index contributed by atoms with van der Waals surface area (Å²) in [4.78, 5) is 0. The molecule has 1 aliphatic carbocycles. The van der Waals surface area contributed by atoms with Crippen molar-refractivity contribution in [1.82, 2.24) is 0 Å². The van der Waals surface area contributed by atoms with Crippen LogP contribution in [-0.2, 0) is 6.42 Å². The van der Waals surface area contributed by atoms with E-state index in [4.69, 9.17) is 16.9 Å². The molecule has 1 saturated carbocycles. The van der Waals surface area contributed by atoms with E-state index in [0.29, 0.717) is 11.8 Å². The van der Waals surface area contributed by atoms with Gasteiger partial charge in [-0.15, -0.1) is 0 Å². The van der Waals surface area contributed by atoms with Crippen LogP contribution in [-0.4, -0.2) is 0 Å². The van der Waals surface area contributed by atoms with Crippen LogP contribution in [0.2, 0.25) is 5.02 Å². The highest BCUT2D eigenvalue weighted by atomic mass is 35.5. The molecule has 2 unspecified atom stereocenters. The number of benzene rings is 2. The molecule has 0 radical (unpaired) electrons. The van der Waals surface area contributed by atoms with Crippen molar-refractivity contribution in [3.05, 3.63) is 70.0 Å². The minimum atomic E-state index is -0.434. The summed E-state index contributed by atoms with van der Waals surface area (Å²) in [5, 5.41) is 9.69. The third-order valence-electron chi connectivity index (χ3n) is 4.56. The smallest absolute Gasteiger partial charge is 0.140 e. The van der Waals surface area contributed by atoms with Gasteiger partial charge < -0.3 is 0 Å². The fraction of sp³-hybridized carbons (Fsp3) is 0.316. The first kappa shape index (κ1) is 15.1. The zero-order valence-electron chi connectivity index (χ0n) is 12.2. The summed E-state index contributed by atoms with van der Waals surface area (Å²) in [5.74, 6) is 0.743. The molecule has 0 spiro atoms. The van der Waals surface area contributed by atoms with E-state index in [9.17, 15) is 4.39 Å². The zero-order chi connectivity index (χ0) is 15.5. The Morgan fingerprint density at radius 3 is 2.64 bits per heavy atom. The lowest BCUT2D eigenvalue weighted by Crippen LogP contribution is -2.01. The van der Waals surface area contributed by atoms with Gasteiger partial charge in [0.25, 0.3) is 0 Å². The molecule has 0 amide bonds. The summed E-state index contributed by atoms with van der Waals surface area (Å²) in [6.45, 7) is 0. The molecule has 1 aliphatic rings. The molecule has 22 heavy (non-hydrogen) atoms. The third kappa shape index (κ3) is 3.31. The van der Waals surface area contributed by atoms with E-state index in [1.165, 1.54) is 24.5 Å². The van der Waals surface area contributed by atoms with Gasteiger partial charge >= 0.3 is 0 Å². The fourth-order valence-electron chi connectivity index (χ4n) is 3.42. The van der Waals surface area contributed by atoms with Crippen molar-refractivity contribution >= 4 is 11.6 Å². The third-order valence-corrected chi connectivity index (χ3v) is 4.81. The van der Waals surface area contributed by atoms with Gasteiger partial charge in [-0.2, -0.15) is 5.26 Å². The van der Waals surface area contributed by atoms with Crippen molar-refractivity contribution in [2.24, 2.45) is 5.92 Å². The number of nitriles is 1. The number of nitrogens with zero attached hydrogens (tertiary/aromatic N) is 1. The van der Waals surface area contributed by atoms with E-state index in [-0.39, 0.29) is 5.56 Å². The Bertz CT molecular complexity index is 702. The van der Waals surface area contributed by atoms with E-state index < -0.39 is 5.82 Å². The first-order valence-corrected chi connectivity index (χ1v) is 7.97. The molecule has 2 aromatic rings. The highest BCUT2D eigenvalue weighted by Gasteiger charge is 2.26. The lowest BCUT2D eigenvalue weighted by molar-refractivity contribution is 0.535. The maximum Gasteiger partial charge on any atom is 0.140 e. The lowest BCUT2D eigenvalue weighted by atomic mass is 9.93. The summed E-state index contributed by atoms with van der Waals surface area (Å²) < 4.78 is 13.4. The fourth-order valence-corrected chi connectivity index (χ4v) is 3.54. The Balaban J connectivity index is 1.66. The minimum Gasteiger partial charge on any atom is -0.206 e. The molecular weight excluding hydrogens is 297 g/mol. The molecule has 1 fully saturated rings. The van der Waals surface area contributed by atoms with Crippen LogP contribution in [0.1, 0.15) is 41.9 Å². The molecule has 0 bridgehead atoms. The SMILES string of the molecule is N#Cc1cc(CC2CCC(c3ccc(Cl)cc3)C2)ccc1F. The van der Waals surface area contributed by atoms with Crippen molar-refractivity contribution in [3.63, 3.8) is 0 Å². The lowest BCUT2D eigenvalue weighted by Gasteiger charge is -2.12. The maximum absolute atomic E-state index is 13.4. The summed E-state index contributed by atoms with van der Waals surface area (Å²) in [6, 6.07) is 14.9. The van der Waals surface area contributed by atoms with Crippen LogP contribution in [0, 0.1) is 23.1 Å². The molecular formula is C19H17ClFN. The van der Waals surface area contributed by atoms with E-state index >= 15 is 0 Å². The molecule has 1 nitrogen and oxygen atoms in total. The van der Waals surface area contributed by atoms with Gasteiger partial charge in [-0.3, -0.25) is 0 Å². The highest BCUT2D eigenvalue weighted by molar-refractivity contribution is 6.30. The largest absolute Gasteiger partial charge is 0.206 e. The van der Waals surface area contributed by atoms with Gasteiger partial charge in [-0.1, -0.05) is 29.8 Å². The quantitative estimate of drug-likeness (QED) is 0.736. The Kier molecular flexibility index (Phi) is 4.45. The van der Waals surface area contributed by atoms with Crippen molar-refractivity contribution < 1.29 is 4.39 Å². The molecule has 0 heterocycles. The van der Waals surface area contributed by atoms with E-state index in [2.05, 4.69) is 12.1 Å². The van der Waals surface area contributed by atoms with E-state index in [1.807, 2.05) is 18.2 Å². The molecule has 0 aromatic heterocycles. The molecule has 0 N–H and O–H groups in total. The molecule has 2 aromatic carbocycles. The van der Waals surface area contributed by atoms with Gasteiger partial charge in [-0.05, 0) is 72.9 Å². The van der Waals surface area contributed by atoms with E-state index in [1.54, 1.807) is 12.1 Å². The van der Waals surface area contributed by atoms with Crippen LogP contribution in [0.5, 0.6) is 0 Å². The molecule has 0 aliphatic heterocycles. The van der Waals surface area contributed by atoms with Crippen LogP contribution >= 0.6 is 11.6 Å². The zero-order valence-corrected chi connectivity index (χ0v) is 13.0. The van der Waals surface area contributed by atoms with E-state index in [0.717, 1.165) is 23.4 Å². The topological polar surface area (TPSA) is 23.8 Å². The molecule has 112 valence electrons. The summed E-state index contributed by atoms with van der Waals surface area (Å²) in [5.41, 5.74) is 2.55. The maximum atomic E-state index is 13.4.